The maximum absolute atomic E-state index is 14.1. The van der Waals surface area contributed by atoms with Gasteiger partial charge in [0.05, 0.1) is 11.3 Å². The maximum Gasteiger partial charge on any atom is 0.404 e. The molecule has 1 saturated heterocycles. The lowest BCUT2D eigenvalue weighted by Crippen LogP contribution is -2.47. The molecule has 4 N–H and O–H groups in total. The molecule has 12 heteroatoms. The fourth-order valence-electron chi connectivity index (χ4n) is 4.27. The molecule has 1 aromatic carbocycles. The van der Waals surface area contributed by atoms with E-state index in [-0.39, 0.29) is 28.2 Å². The summed E-state index contributed by atoms with van der Waals surface area (Å²) in [4.78, 5) is 33.3. The number of rotatable bonds is 5. The third kappa shape index (κ3) is 4.72. The van der Waals surface area contributed by atoms with E-state index in [1.807, 2.05) is 6.07 Å². The quantitative estimate of drug-likeness (QED) is 0.307. The predicted molar refractivity (Wildman–Crippen MR) is 130 cm³/mol. The summed E-state index contributed by atoms with van der Waals surface area (Å²) in [6.07, 6.45) is 1.23. The first-order valence-corrected chi connectivity index (χ1v) is 12.4. The van der Waals surface area contributed by atoms with Crippen LogP contribution in [-0.4, -0.2) is 46.2 Å². The number of thiophene rings is 1. The number of aromatic nitrogens is 2. The zero-order valence-corrected chi connectivity index (χ0v) is 19.7. The number of amides is 2. The third-order valence-corrected chi connectivity index (χ3v) is 7.53. The molecular weight excluding hydrogens is 496 g/mol. The Hall–Kier alpha value is -3.48. The van der Waals surface area contributed by atoms with Crippen LogP contribution in [0.1, 0.15) is 28.4 Å². The van der Waals surface area contributed by atoms with Crippen molar-refractivity contribution in [3.8, 4) is 10.6 Å². The van der Waals surface area contributed by atoms with E-state index >= 15 is 0 Å². The molecule has 3 aromatic heterocycles. The summed E-state index contributed by atoms with van der Waals surface area (Å²) in [6, 6.07) is 5.19. The van der Waals surface area contributed by atoms with E-state index in [1.54, 1.807) is 11.6 Å². The summed E-state index contributed by atoms with van der Waals surface area (Å²) < 4.78 is 28.2. The van der Waals surface area contributed by atoms with Crippen molar-refractivity contribution in [1.29, 1.82) is 0 Å². The standard InChI is InChI=1S/C23H19F2N5O3S2/c24-14-2-1-3-15(25)19(14)22-30-17(10-35-22)20(31)29-16-9-34-21-18(16)13(4-5-27-21)11-6-12(8-26-7-11)28-23(32)33/h1-5,9-12,26,28H,6-8H2,(H,29,31)(H,32,33)/t11?,12-/m0/s1. The normalized spacial score (nSPS) is 17.9. The molecule has 2 atom stereocenters. The molecule has 0 radical (unpaired) electrons. The van der Waals surface area contributed by atoms with Crippen LogP contribution in [0.3, 0.4) is 0 Å². The number of nitrogens with zero attached hydrogens (tertiary/aromatic N) is 2. The van der Waals surface area contributed by atoms with Crippen molar-refractivity contribution < 1.29 is 23.5 Å². The van der Waals surface area contributed by atoms with Gasteiger partial charge in [-0.2, -0.15) is 0 Å². The number of pyridine rings is 1. The van der Waals surface area contributed by atoms with Gasteiger partial charge < -0.3 is 21.1 Å². The van der Waals surface area contributed by atoms with E-state index in [0.717, 1.165) is 39.2 Å². The molecule has 1 aliphatic heterocycles. The van der Waals surface area contributed by atoms with Crippen molar-refractivity contribution in [2.45, 2.75) is 18.4 Å². The molecule has 4 heterocycles. The lowest BCUT2D eigenvalue weighted by molar-refractivity contribution is 0.102. The predicted octanol–water partition coefficient (Wildman–Crippen LogP) is 4.66. The number of hydrogen-bond acceptors (Lipinski definition) is 7. The fourth-order valence-corrected chi connectivity index (χ4v) is 5.99. The molecule has 8 nitrogen and oxygen atoms in total. The number of fused-ring (bicyclic) bond motifs is 1. The lowest BCUT2D eigenvalue weighted by Gasteiger charge is -2.30. The van der Waals surface area contributed by atoms with Crippen molar-refractivity contribution in [2.75, 3.05) is 18.4 Å². The highest BCUT2D eigenvalue weighted by Crippen LogP contribution is 2.37. The summed E-state index contributed by atoms with van der Waals surface area (Å²) in [5.74, 6) is -2.00. The molecule has 1 unspecified atom stereocenters. The van der Waals surface area contributed by atoms with Gasteiger partial charge in [-0.25, -0.2) is 23.5 Å². The molecule has 4 aromatic rings. The first-order chi connectivity index (χ1) is 16.9. The van der Waals surface area contributed by atoms with Crippen LogP contribution < -0.4 is 16.0 Å². The van der Waals surface area contributed by atoms with Crippen LogP contribution in [0.4, 0.5) is 19.3 Å². The van der Waals surface area contributed by atoms with E-state index in [2.05, 4.69) is 25.9 Å². The Bertz CT molecular complexity index is 1400. The second-order valence-corrected chi connectivity index (χ2v) is 9.77. The van der Waals surface area contributed by atoms with Gasteiger partial charge in [0, 0.05) is 41.5 Å². The van der Waals surface area contributed by atoms with Crippen LogP contribution >= 0.6 is 22.7 Å². The number of thiazole rings is 1. The van der Waals surface area contributed by atoms with Gasteiger partial charge in [-0.1, -0.05) is 6.07 Å². The summed E-state index contributed by atoms with van der Waals surface area (Å²) in [5.41, 5.74) is 1.28. The van der Waals surface area contributed by atoms with Crippen LogP contribution in [0, 0.1) is 11.6 Å². The minimum Gasteiger partial charge on any atom is -0.465 e. The molecule has 5 rings (SSSR count). The Labute approximate surface area is 206 Å². The zero-order valence-electron chi connectivity index (χ0n) is 18.0. The van der Waals surface area contributed by atoms with Crippen molar-refractivity contribution in [3.63, 3.8) is 0 Å². The number of piperidine rings is 1. The summed E-state index contributed by atoms with van der Waals surface area (Å²) in [7, 11) is 0. The van der Waals surface area contributed by atoms with Crippen molar-refractivity contribution in [2.24, 2.45) is 0 Å². The van der Waals surface area contributed by atoms with E-state index in [0.29, 0.717) is 25.2 Å². The number of anilines is 1. The molecule has 2 amide bonds. The lowest BCUT2D eigenvalue weighted by atomic mass is 9.88. The van der Waals surface area contributed by atoms with Crippen LogP contribution in [0.15, 0.2) is 41.2 Å². The van der Waals surface area contributed by atoms with Crippen LogP contribution in [0.25, 0.3) is 20.8 Å². The minimum atomic E-state index is -1.07. The van der Waals surface area contributed by atoms with Gasteiger partial charge >= 0.3 is 6.09 Å². The Morgan fingerprint density at radius 3 is 2.69 bits per heavy atom. The number of carbonyl (C=O) groups excluding carboxylic acids is 1. The molecular formula is C23H19F2N5O3S2. The summed E-state index contributed by atoms with van der Waals surface area (Å²) in [5, 5.41) is 21.8. The maximum atomic E-state index is 14.1. The molecule has 1 aliphatic rings. The largest absolute Gasteiger partial charge is 0.465 e. The van der Waals surface area contributed by atoms with Gasteiger partial charge in [-0.05, 0) is 36.1 Å². The molecule has 35 heavy (non-hydrogen) atoms. The SMILES string of the molecule is O=C(O)N[C@@H]1CNCC(c2ccnc3scc(NC(=O)c4csc(-c5c(F)cccc5F)n4)c23)C1. The van der Waals surface area contributed by atoms with E-state index < -0.39 is 23.6 Å². The van der Waals surface area contributed by atoms with Gasteiger partial charge in [-0.15, -0.1) is 22.7 Å². The molecule has 0 saturated carbocycles. The molecule has 0 spiro atoms. The highest BCUT2D eigenvalue weighted by atomic mass is 32.1. The van der Waals surface area contributed by atoms with Crippen LogP contribution in [-0.2, 0) is 0 Å². The van der Waals surface area contributed by atoms with E-state index in [4.69, 9.17) is 5.11 Å². The molecule has 1 fully saturated rings. The highest BCUT2D eigenvalue weighted by molar-refractivity contribution is 7.17. The average Bonchev–Trinajstić information content (AvgIpc) is 3.47. The molecule has 180 valence electrons. The molecule has 0 bridgehead atoms. The Balaban J connectivity index is 1.41. The monoisotopic (exact) mass is 515 g/mol. The van der Waals surface area contributed by atoms with Gasteiger partial charge in [0.15, 0.2) is 0 Å². The van der Waals surface area contributed by atoms with Gasteiger partial charge in [0.1, 0.15) is 27.2 Å². The number of benzene rings is 1. The van der Waals surface area contributed by atoms with Gasteiger partial charge in [-0.3, -0.25) is 4.79 Å². The Kier molecular flexibility index (Phi) is 6.41. The Morgan fingerprint density at radius 2 is 1.91 bits per heavy atom. The number of hydrogen-bond donors (Lipinski definition) is 4. The second kappa shape index (κ2) is 9.64. The number of carbonyl (C=O) groups is 2. The van der Waals surface area contributed by atoms with Gasteiger partial charge in [0.25, 0.3) is 5.91 Å². The number of halogens is 2. The van der Waals surface area contributed by atoms with Crippen molar-refractivity contribution in [3.05, 3.63) is 64.1 Å². The topological polar surface area (TPSA) is 116 Å². The smallest absolute Gasteiger partial charge is 0.404 e. The van der Waals surface area contributed by atoms with Crippen molar-refractivity contribution >= 4 is 50.6 Å². The fraction of sp³-hybridized carbons (Fsp3) is 0.217. The number of nitrogens with one attached hydrogen (secondary N) is 3. The van der Waals surface area contributed by atoms with E-state index in [9.17, 15) is 18.4 Å². The highest BCUT2D eigenvalue weighted by Gasteiger charge is 2.27. The average molecular weight is 516 g/mol. The van der Waals surface area contributed by atoms with Gasteiger partial charge in [0.2, 0.25) is 0 Å². The number of carboxylic acid groups (broad SMARTS) is 1. The Morgan fingerprint density at radius 1 is 1.11 bits per heavy atom. The summed E-state index contributed by atoms with van der Waals surface area (Å²) >= 11 is 2.36. The second-order valence-electron chi connectivity index (χ2n) is 8.06. The molecule has 0 aliphatic carbocycles. The van der Waals surface area contributed by atoms with Crippen LogP contribution in [0.2, 0.25) is 0 Å². The third-order valence-electron chi connectivity index (χ3n) is 5.79. The zero-order chi connectivity index (χ0) is 24.5. The minimum absolute atomic E-state index is 0.00579. The van der Waals surface area contributed by atoms with E-state index in [1.165, 1.54) is 22.8 Å². The first kappa shape index (κ1) is 23.3. The van der Waals surface area contributed by atoms with Crippen LogP contribution in [0.5, 0.6) is 0 Å². The van der Waals surface area contributed by atoms with Crippen molar-refractivity contribution in [1.82, 2.24) is 20.6 Å². The first-order valence-electron chi connectivity index (χ1n) is 10.7. The summed E-state index contributed by atoms with van der Waals surface area (Å²) in [6.45, 7) is 1.20.